The van der Waals surface area contributed by atoms with Gasteiger partial charge in [-0.15, -0.1) is 0 Å². The number of methoxy groups -OCH3 is 1. The van der Waals surface area contributed by atoms with Crippen LogP contribution >= 0.6 is 24.0 Å². The largest absolute Gasteiger partial charge is 0.490 e. The zero-order valence-electron chi connectivity index (χ0n) is 12.5. The molecule has 1 amide bonds. The minimum Gasteiger partial charge on any atom is -0.490 e. The van der Waals surface area contributed by atoms with Gasteiger partial charge in [0.2, 0.25) is 0 Å². The standard InChI is InChI=1S/C16H17NO3S2/c1-10-7-12-8-11(3-4-13(12)20-10)9-14-15(18)17(5-6-19-2)16(21)22-14/h3-4,8-10H,5-7H2,1-2H3/b14-9+/t10-/m1/s1. The first-order valence-electron chi connectivity index (χ1n) is 7.12. The number of amides is 1. The van der Waals surface area contributed by atoms with Crippen molar-refractivity contribution in [3.05, 3.63) is 34.2 Å². The van der Waals surface area contributed by atoms with Crippen molar-refractivity contribution in [1.29, 1.82) is 0 Å². The number of carbonyl (C=O) groups is 1. The highest BCUT2D eigenvalue weighted by Crippen LogP contribution is 2.34. The Morgan fingerprint density at radius 2 is 2.36 bits per heavy atom. The number of thiocarbonyl (C=S) groups is 1. The highest BCUT2D eigenvalue weighted by molar-refractivity contribution is 8.26. The molecule has 0 N–H and O–H groups in total. The summed E-state index contributed by atoms with van der Waals surface area (Å²) in [5.74, 6) is 0.898. The quantitative estimate of drug-likeness (QED) is 0.625. The molecule has 22 heavy (non-hydrogen) atoms. The van der Waals surface area contributed by atoms with Crippen LogP contribution in [0, 0.1) is 0 Å². The van der Waals surface area contributed by atoms with Gasteiger partial charge in [0.05, 0.1) is 18.1 Å². The fraction of sp³-hybridized carbons (Fsp3) is 0.375. The molecule has 0 aromatic heterocycles. The zero-order chi connectivity index (χ0) is 15.7. The molecule has 1 aromatic carbocycles. The molecular formula is C16H17NO3S2. The molecule has 0 saturated carbocycles. The van der Waals surface area contributed by atoms with E-state index in [2.05, 4.69) is 13.0 Å². The van der Waals surface area contributed by atoms with Gasteiger partial charge in [0.1, 0.15) is 16.2 Å². The van der Waals surface area contributed by atoms with Gasteiger partial charge in [0, 0.05) is 13.5 Å². The first-order valence-corrected chi connectivity index (χ1v) is 8.35. The topological polar surface area (TPSA) is 38.8 Å². The summed E-state index contributed by atoms with van der Waals surface area (Å²) >= 11 is 6.61. The monoisotopic (exact) mass is 335 g/mol. The molecule has 0 radical (unpaired) electrons. The predicted molar refractivity (Wildman–Crippen MR) is 92.0 cm³/mol. The maximum atomic E-state index is 12.4. The van der Waals surface area contributed by atoms with E-state index in [-0.39, 0.29) is 12.0 Å². The van der Waals surface area contributed by atoms with Crippen molar-refractivity contribution in [2.24, 2.45) is 0 Å². The number of hydrogen-bond acceptors (Lipinski definition) is 5. The number of carbonyl (C=O) groups excluding carboxylic acids is 1. The highest BCUT2D eigenvalue weighted by Gasteiger charge is 2.31. The average Bonchev–Trinajstić information content (AvgIpc) is 2.97. The van der Waals surface area contributed by atoms with Crippen LogP contribution in [-0.4, -0.2) is 41.5 Å². The summed E-state index contributed by atoms with van der Waals surface area (Å²) in [5, 5.41) is 0. The lowest BCUT2D eigenvalue weighted by molar-refractivity contribution is -0.122. The smallest absolute Gasteiger partial charge is 0.266 e. The van der Waals surface area contributed by atoms with E-state index in [4.69, 9.17) is 21.7 Å². The minimum atomic E-state index is -0.0443. The molecule has 0 spiro atoms. The van der Waals surface area contributed by atoms with Gasteiger partial charge in [0.25, 0.3) is 5.91 Å². The van der Waals surface area contributed by atoms with E-state index in [0.717, 1.165) is 17.7 Å². The number of nitrogens with zero attached hydrogens (tertiary/aromatic N) is 1. The van der Waals surface area contributed by atoms with E-state index in [1.54, 1.807) is 12.0 Å². The van der Waals surface area contributed by atoms with Crippen LogP contribution in [0.1, 0.15) is 18.1 Å². The summed E-state index contributed by atoms with van der Waals surface area (Å²) in [5.41, 5.74) is 2.19. The SMILES string of the molecule is COCCN1C(=O)/C(=C\c2ccc3c(c2)C[C@@H](C)O3)SC1=S. The fourth-order valence-corrected chi connectivity index (χ4v) is 3.87. The molecule has 2 aliphatic heterocycles. The molecule has 6 heteroatoms. The Morgan fingerprint density at radius 1 is 1.55 bits per heavy atom. The summed E-state index contributed by atoms with van der Waals surface area (Å²) < 4.78 is 11.3. The first-order chi connectivity index (χ1) is 10.6. The molecule has 4 nitrogen and oxygen atoms in total. The van der Waals surface area contributed by atoms with E-state index in [1.165, 1.54) is 17.3 Å². The number of hydrogen-bond donors (Lipinski definition) is 0. The maximum Gasteiger partial charge on any atom is 0.266 e. The Kier molecular flexibility index (Phi) is 4.52. The molecule has 0 bridgehead atoms. The normalized spacial score (nSPS) is 22.4. The van der Waals surface area contributed by atoms with Crippen LogP contribution in [0.5, 0.6) is 5.75 Å². The van der Waals surface area contributed by atoms with Crippen LogP contribution in [0.2, 0.25) is 0 Å². The first kappa shape index (κ1) is 15.5. The van der Waals surface area contributed by atoms with E-state index < -0.39 is 0 Å². The van der Waals surface area contributed by atoms with E-state index in [9.17, 15) is 4.79 Å². The molecule has 0 aliphatic carbocycles. The van der Waals surface area contributed by atoms with Crippen LogP contribution in [0.25, 0.3) is 6.08 Å². The summed E-state index contributed by atoms with van der Waals surface area (Å²) in [6, 6.07) is 6.02. The van der Waals surface area contributed by atoms with Crippen LogP contribution in [0.3, 0.4) is 0 Å². The Morgan fingerprint density at radius 3 is 3.14 bits per heavy atom. The van der Waals surface area contributed by atoms with Crippen LogP contribution < -0.4 is 4.74 Å². The van der Waals surface area contributed by atoms with Gasteiger partial charge < -0.3 is 9.47 Å². The molecule has 116 valence electrons. The summed E-state index contributed by atoms with van der Waals surface area (Å²) in [6.45, 7) is 3.03. The molecule has 2 aliphatic rings. The van der Waals surface area contributed by atoms with Gasteiger partial charge in [0.15, 0.2) is 0 Å². The number of benzene rings is 1. The second kappa shape index (κ2) is 6.40. The van der Waals surface area contributed by atoms with Crippen molar-refractivity contribution in [3.63, 3.8) is 0 Å². The third kappa shape index (κ3) is 3.04. The van der Waals surface area contributed by atoms with Crippen molar-refractivity contribution < 1.29 is 14.3 Å². The van der Waals surface area contributed by atoms with Gasteiger partial charge in [-0.1, -0.05) is 30.0 Å². The second-order valence-corrected chi connectivity index (χ2v) is 7.00. The van der Waals surface area contributed by atoms with Crippen molar-refractivity contribution >= 4 is 40.3 Å². The lowest BCUT2D eigenvalue weighted by Crippen LogP contribution is -2.31. The molecular weight excluding hydrogens is 318 g/mol. The summed E-state index contributed by atoms with van der Waals surface area (Å²) in [6.07, 6.45) is 3.03. The number of thioether (sulfide) groups is 1. The Hall–Kier alpha value is -1.37. The van der Waals surface area contributed by atoms with Crippen LogP contribution in [0.4, 0.5) is 0 Å². The molecule has 1 atom stereocenters. The van der Waals surface area contributed by atoms with Gasteiger partial charge in [-0.05, 0) is 36.3 Å². The van der Waals surface area contributed by atoms with Gasteiger partial charge >= 0.3 is 0 Å². The summed E-state index contributed by atoms with van der Waals surface area (Å²) in [7, 11) is 1.61. The Labute approximate surface area is 139 Å². The zero-order valence-corrected chi connectivity index (χ0v) is 14.1. The van der Waals surface area contributed by atoms with Gasteiger partial charge in [-0.3, -0.25) is 9.69 Å². The van der Waals surface area contributed by atoms with Crippen molar-refractivity contribution in [1.82, 2.24) is 4.90 Å². The number of fused-ring (bicyclic) bond motifs is 1. The van der Waals surface area contributed by atoms with Crippen molar-refractivity contribution in [2.75, 3.05) is 20.3 Å². The van der Waals surface area contributed by atoms with Gasteiger partial charge in [-0.2, -0.15) is 0 Å². The summed E-state index contributed by atoms with van der Waals surface area (Å²) in [4.78, 5) is 14.6. The third-order valence-electron chi connectivity index (χ3n) is 3.61. The Bertz CT molecular complexity index is 657. The molecule has 1 aromatic rings. The minimum absolute atomic E-state index is 0.0443. The number of rotatable bonds is 4. The van der Waals surface area contributed by atoms with Crippen LogP contribution in [0.15, 0.2) is 23.1 Å². The molecule has 1 fully saturated rings. The molecule has 2 heterocycles. The molecule has 3 rings (SSSR count). The number of ether oxygens (including phenoxy) is 2. The van der Waals surface area contributed by atoms with Crippen molar-refractivity contribution in [2.45, 2.75) is 19.4 Å². The third-order valence-corrected chi connectivity index (χ3v) is 4.99. The second-order valence-electron chi connectivity index (χ2n) is 5.33. The lowest BCUT2D eigenvalue weighted by atomic mass is 10.1. The van der Waals surface area contributed by atoms with E-state index in [0.29, 0.717) is 22.4 Å². The Balaban J connectivity index is 1.80. The lowest BCUT2D eigenvalue weighted by Gasteiger charge is -2.12. The highest BCUT2D eigenvalue weighted by atomic mass is 32.2. The maximum absolute atomic E-state index is 12.4. The average molecular weight is 335 g/mol. The van der Waals surface area contributed by atoms with E-state index >= 15 is 0 Å². The predicted octanol–water partition coefficient (Wildman–Crippen LogP) is 2.86. The van der Waals surface area contributed by atoms with Gasteiger partial charge in [-0.25, -0.2) is 0 Å². The molecule has 0 unspecified atom stereocenters. The molecule has 1 saturated heterocycles. The van der Waals surface area contributed by atoms with Crippen LogP contribution in [-0.2, 0) is 16.0 Å². The fourth-order valence-electron chi connectivity index (χ4n) is 2.56. The van der Waals surface area contributed by atoms with Crippen molar-refractivity contribution in [3.8, 4) is 5.75 Å². The van der Waals surface area contributed by atoms with E-state index in [1.807, 2.05) is 18.2 Å².